The minimum absolute atomic E-state index is 0.0575. The molecule has 0 fully saturated rings. The van der Waals surface area contributed by atoms with E-state index in [4.69, 9.17) is 4.74 Å². The molecule has 0 radical (unpaired) electrons. The van der Waals surface area contributed by atoms with E-state index in [0.717, 1.165) is 5.56 Å². The highest BCUT2D eigenvalue weighted by Crippen LogP contribution is 2.40. The molecule has 132 valence electrons. The van der Waals surface area contributed by atoms with Gasteiger partial charge in [0.15, 0.2) is 0 Å². The number of nitro groups is 1. The molecule has 0 amide bonds. The number of esters is 2. The predicted molar refractivity (Wildman–Crippen MR) is 91.2 cm³/mol. The first-order chi connectivity index (χ1) is 12.5. The Morgan fingerprint density at radius 3 is 2.31 bits per heavy atom. The number of rotatable bonds is 4. The Morgan fingerprint density at radius 2 is 1.73 bits per heavy atom. The predicted octanol–water partition coefficient (Wildman–Crippen LogP) is 3.08. The smallest absolute Gasteiger partial charge is 0.345 e. The van der Waals surface area contributed by atoms with E-state index in [1.807, 2.05) is 30.3 Å². The van der Waals surface area contributed by atoms with Crippen molar-refractivity contribution in [3.63, 3.8) is 0 Å². The van der Waals surface area contributed by atoms with Gasteiger partial charge in [-0.05, 0) is 23.3 Å². The van der Waals surface area contributed by atoms with Crippen molar-refractivity contribution in [3.8, 4) is 0 Å². The van der Waals surface area contributed by atoms with Gasteiger partial charge in [0, 0.05) is 18.1 Å². The number of ether oxygens (including phenoxy) is 2. The lowest BCUT2D eigenvalue weighted by atomic mass is 9.85. The SMILES string of the molecule is COC(=O)C1=C[C@H](c2ccccc2)[C@@H](c2ccc([N+](=O)[O-])cc2)OC1=O. The average molecular weight is 353 g/mol. The molecule has 7 nitrogen and oxygen atoms in total. The Bertz CT molecular complexity index is 873. The summed E-state index contributed by atoms with van der Waals surface area (Å²) in [6, 6.07) is 15.0. The molecule has 0 aromatic heterocycles. The normalized spacial score (nSPS) is 19.3. The maximum atomic E-state index is 12.2. The van der Waals surface area contributed by atoms with Crippen LogP contribution in [0.15, 0.2) is 66.2 Å². The van der Waals surface area contributed by atoms with Gasteiger partial charge in [-0.25, -0.2) is 9.59 Å². The van der Waals surface area contributed by atoms with E-state index in [9.17, 15) is 19.7 Å². The van der Waals surface area contributed by atoms with Crippen molar-refractivity contribution in [3.05, 3.63) is 87.5 Å². The second-order valence-corrected chi connectivity index (χ2v) is 5.68. The highest BCUT2D eigenvalue weighted by molar-refractivity contribution is 6.14. The van der Waals surface area contributed by atoms with Crippen LogP contribution in [0.25, 0.3) is 0 Å². The van der Waals surface area contributed by atoms with Crippen LogP contribution in [0.5, 0.6) is 0 Å². The summed E-state index contributed by atoms with van der Waals surface area (Å²) >= 11 is 0. The fourth-order valence-electron chi connectivity index (χ4n) is 2.86. The number of non-ortho nitro benzene ring substituents is 1. The Kier molecular flexibility index (Phi) is 4.79. The molecule has 2 aromatic rings. The molecule has 0 saturated heterocycles. The zero-order valence-corrected chi connectivity index (χ0v) is 13.8. The van der Waals surface area contributed by atoms with Crippen LogP contribution >= 0.6 is 0 Å². The lowest BCUT2D eigenvalue weighted by Crippen LogP contribution is -2.28. The molecular weight excluding hydrogens is 338 g/mol. The molecular formula is C19H15NO6. The van der Waals surface area contributed by atoms with E-state index < -0.39 is 28.9 Å². The maximum Gasteiger partial charge on any atom is 0.345 e. The van der Waals surface area contributed by atoms with Gasteiger partial charge in [-0.1, -0.05) is 36.4 Å². The van der Waals surface area contributed by atoms with Crippen molar-refractivity contribution >= 4 is 17.6 Å². The molecule has 0 N–H and O–H groups in total. The number of hydrogen-bond acceptors (Lipinski definition) is 6. The van der Waals surface area contributed by atoms with Gasteiger partial charge >= 0.3 is 11.9 Å². The van der Waals surface area contributed by atoms with Crippen LogP contribution in [-0.2, 0) is 19.1 Å². The zero-order chi connectivity index (χ0) is 18.7. The Labute approximate surface area is 149 Å². The quantitative estimate of drug-likeness (QED) is 0.363. The molecule has 0 unspecified atom stereocenters. The molecule has 26 heavy (non-hydrogen) atoms. The van der Waals surface area contributed by atoms with Gasteiger partial charge in [0.1, 0.15) is 11.7 Å². The number of nitrogens with zero attached hydrogens (tertiary/aromatic N) is 1. The highest BCUT2D eigenvalue weighted by Gasteiger charge is 2.36. The van der Waals surface area contributed by atoms with Crippen molar-refractivity contribution in [2.24, 2.45) is 0 Å². The third kappa shape index (κ3) is 3.32. The van der Waals surface area contributed by atoms with Gasteiger partial charge < -0.3 is 9.47 Å². The van der Waals surface area contributed by atoms with E-state index in [1.165, 1.54) is 25.3 Å². The Hall–Kier alpha value is -3.48. The van der Waals surface area contributed by atoms with Crippen LogP contribution in [0.4, 0.5) is 5.69 Å². The topological polar surface area (TPSA) is 95.7 Å². The number of carbonyl (C=O) groups excluding carboxylic acids is 2. The Morgan fingerprint density at radius 1 is 1.08 bits per heavy atom. The lowest BCUT2D eigenvalue weighted by molar-refractivity contribution is -0.384. The maximum absolute atomic E-state index is 12.2. The average Bonchev–Trinajstić information content (AvgIpc) is 2.68. The molecule has 0 bridgehead atoms. The van der Waals surface area contributed by atoms with Gasteiger partial charge in [-0.15, -0.1) is 0 Å². The van der Waals surface area contributed by atoms with E-state index in [1.54, 1.807) is 12.1 Å². The minimum atomic E-state index is -0.785. The van der Waals surface area contributed by atoms with E-state index in [0.29, 0.717) is 5.56 Å². The number of cyclic esters (lactones) is 1. The van der Waals surface area contributed by atoms with E-state index in [-0.39, 0.29) is 11.3 Å². The first-order valence-corrected chi connectivity index (χ1v) is 7.81. The van der Waals surface area contributed by atoms with Crippen molar-refractivity contribution in [1.82, 2.24) is 0 Å². The summed E-state index contributed by atoms with van der Waals surface area (Å²) in [5.41, 5.74) is 1.21. The highest BCUT2D eigenvalue weighted by atomic mass is 16.6. The number of hydrogen-bond donors (Lipinski definition) is 0. The summed E-state index contributed by atoms with van der Waals surface area (Å²) in [4.78, 5) is 34.4. The molecule has 2 aromatic carbocycles. The van der Waals surface area contributed by atoms with Gasteiger partial charge in [0.05, 0.1) is 12.0 Å². The molecule has 1 heterocycles. The van der Waals surface area contributed by atoms with Crippen molar-refractivity contribution in [1.29, 1.82) is 0 Å². The first kappa shape index (κ1) is 17.3. The van der Waals surface area contributed by atoms with Crippen LogP contribution in [0.2, 0.25) is 0 Å². The molecule has 2 atom stereocenters. The lowest BCUT2D eigenvalue weighted by Gasteiger charge is -2.30. The van der Waals surface area contributed by atoms with E-state index in [2.05, 4.69) is 4.74 Å². The van der Waals surface area contributed by atoms with Gasteiger partial charge in [-0.3, -0.25) is 10.1 Å². The second kappa shape index (κ2) is 7.18. The molecule has 1 aliphatic heterocycles. The summed E-state index contributed by atoms with van der Waals surface area (Å²) in [7, 11) is 1.19. The molecule has 1 aliphatic rings. The number of nitro benzene ring substituents is 1. The third-order valence-electron chi connectivity index (χ3n) is 4.15. The van der Waals surface area contributed by atoms with Crippen LogP contribution < -0.4 is 0 Å². The molecule has 7 heteroatoms. The molecule has 3 rings (SSSR count). The minimum Gasteiger partial charge on any atom is -0.465 e. The summed E-state index contributed by atoms with van der Waals surface area (Å²) in [5, 5.41) is 10.8. The van der Waals surface area contributed by atoms with Crippen molar-refractivity contribution < 1.29 is 24.0 Å². The van der Waals surface area contributed by atoms with Gasteiger partial charge in [0.2, 0.25) is 0 Å². The molecule has 0 saturated carbocycles. The Balaban J connectivity index is 2.05. The summed E-state index contributed by atoms with van der Waals surface area (Å²) in [5.74, 6) is -1.98. The van der Waals surface area contributed by atoms with Crippen LogP contribution in [0, 0.1) is 10.1 Å². The largest absolute Gasteiger partial charge is 0.465 e. The summed E-state index contributed by atoms with van der Waals surface area (Å²) in [6.45, 7) is 0. The fourth-order valence-corrected chi connectivity index (χ4v) is 2.86. The first-order valence-electron chi connectivity index (χ1n) is 7.81. The van der Waals surface area contributed by atoms with E-state index >= 15 is 0 Å². The standard InChI is InChI=1S/C19H15NO6/c1-25-18(21)16-11-15(12-5-3-2-4-6-12)17(26-19(16)22)13-7-9-14(10-8-13)20(23)24/h2-11,15,17H,1H3/t15-,17-/m1/s1. The number of methoxy groups -OCH3 is 1. The van der Waals surface area contributed by atoms with Crippen LogP contribution in [0.3, 0.4) is 0 Å². The van der Waals surface area contributed by atoms with Crippen LogP contribution in [-0.4, -0.2) is 24.0 Å². The summed E-state index contributed by atoms with van der Waals surface area (Å²) in [6.07, 6.45) is 0.818. The number of carbonyl (C=O) groups is 2. The summed E-state index contributed by atoms with van der Waals surface area (Å²) < 4.78 is 10.1. The van der Waals surface area contributed by atoms with Gasteiger partial charge in [0.25, 0.3) is 5.69 Å². The van der Waals surface area contributed by atoms with Crippen LogP contribution in [0.1, 0.15) is 23.1 Å². The van der Waals surface area contributed by atoms with Crippen molar-refractivity contribution in [2.75, 3.05) is 7.11 Å². The number of benzene rings is 2. The monoisotopic (exact) mass is 353 g/mol. The molecule has 0 spiro atoms. The third-order valence-corrected chi connectivity index (χ3v) is 4.15. The van der Waals surface area contributed by atoms with Gasteiger partial charge in [-0.2, -0.15) is 0 Å². The molecule has 0 aliphatic carbocycles. The van der Waals surface area contributed by atoms with Crippen molar-refractivity contribution in [2.45, 2.75) is 12.0 Å². The zero-order valence-electron chi connectivity index (χ0n) is 13.8. The fraction of sp³-hybridized carbons (Fsp3) is 0.158. The second-order valence-electron chi connectivity index (χ2n) is 5.68.